The molecule has 0 aliphatic carbocycles. The Bertz CT molecular complexity index is 596. The van der Waals surface area contributed by atoms with Gasteiger partial charge in [-0.1, -0.05) is 6.07 Å². The highest BCUT2D eigenvalue weighted by atomic mass is 16.3. The summed E-state index contributed by atoms with van der Waals surface area (Å²) in [5.41, 5.74) is 0.280. The van der Waals surface area contributed by atoms with E-state index < -0.39 is 12.2 Å². The van der Waals surface area contributed by atoms with Gasteiger partial charge in [0, 0.05) is 11.9 Å². The Kier molecular flexibility index (Phi) is 3.71. The van der Waals surface area contributed by atoms with Gasteiger partial charge in [-0.2, -0.15) is 5.10 Å². The van der Waals surface area contributed by atoms with Gasteiger partial charge in [0.15, 0.2) is 0 Å². The number of rotatable bonds is 4. The largest absolute Gasteiger partial charge is 0.389 e. The normalized spacial score (nSPS) is 14.6. The quantitative estimate of drug-likeness (QED) is 0.587. The van der Waals surface area contributed by atoms with E-state index in [1.54, 1.807) is 25.2 Å². The first-order valence-corrected chi connectivity index (χ1v) is 5.61. The molecule has 1 aromatic heterocycles. The summed E-state index contributed by atoms with van der Waals surface area (Å²) in [6.45, 7) is 0.285. The molecule has 0 aliphatic rings. The third-order valence-corrected chi connectivity index (χ3v) is 2.81. The highest BCUT2D eigenvalue weighted by Crippen LogP contribution is 2.20. The van der Waals surface area contributed by atoms with Gasteiger partial charge in [0.25, 0.3) is 5.56 Å². The Morgan fingerprint density at radius 2 is 2.22 bits per heavy atom. The van der Waals surface area contributed by atoms with Crippen LogP contribution in [-0.2, 0) is 0 Å². The number of likely N-dealkylation sites (N-methyl/N-ethyl adjacent to an activating group) is 1. The van der Waals surface area contributed by atoms with Crippen LogP contribution in [0.4, 0.5) is 0 Å². The number of H-pyrrole nitrogens is 1. The zero-order valence-electron chi connectivity index (χ0n) is 9.92. The molecule has 2 aromatic rings. The summed E-state index contributed by atoms with van der Waals surface area (Å²) in [4.78, 5) is 11.5. The third-order valence-electron chi connectivity index (χ3n) is 2.81. The fourth-order valence-corrected chi connectivity index (χ4v) is 1.84. The number of aromatic amines is 1. The maximum Gasteiger partial charge on any atom is 0.272 e. The first kappa shape index (κ1) is 12.7. The molecule has 6 heteroatoms. The minimum atomic E-state index is -0.999. The minimum Gasteiger partial charge on any atom is -0.389 e. The van der Waals surface area contributed by atoms with Crippen molar-refractivity contribution >= 4 is 10.8 Å². The maximum absolute atomic E-state index is 11.5. The molecule has 0 aliphatic heterocycles. The number of hydrogen-bond acceptors (Lipinski definition) is 5. The van der Waals surface area contributed by atoms with Crippen molar-refractivity contribution in [3.05, 3.63) is 40.3 Å². The smallest absolute Gasteiger partial charge is 0.272 e. The van der Waals surface area contributed by atoms with E-state index in [0.717, 1.165) is 0 Å². The van der Waals surface area contributed by atoms with E-state index in [1.165, 1.54) is 6.20 Å². The Balaban J connectivity index is 2.38. The molecule has 1 aromatic carbocycles. The summed E-state index contributed by atoms with van der Waals surface area (Å²) in [7, 11) is 1.69. The van der Waals surface area contributed by atoms with Gasteiger partial charge < -0.3 is 15.5 Å². The molecule has 0 bridgehead atoms. The van der Waals surface area contributed by atoms with Crippen molar-refractivity contribution in [2.45, 2.75) is 12.2 Å². The summed E-state index contributed by atoms with van der Waals surface area (Å²) in [5, 5.41) is 29.6. The predicted octanol–water partition coefficient (Wildman–Crippen LogP) is -0.463. The van der Waals surface area contributed by atoms with Crippen LogP contribution in [0.15, 0.2) is 29.2 Å². The van der Waals surface area contributed by atoms with E-state index in [0.29, 0.717) is 16.3 Å². The van der Waals surface area contributed by atoms with Gasteiger partial charge in [0.2, 0.25) is 0 Å². The van der Waals surface area contributed by atoms with Gasteiger partial charge in [-0.15, -0.1) is 0 Å². The minimum absolute atomic E-state index is 0.274. The van der Waals surface area contributed by atoms with Crippen LogP contribution in [0.25, 0.3) is 10.8 Å². The zero-order chi connectivity index (χ0) is 13.1. The molecule has 0 fully saturated rings. The van der Waals surface area contributed by atoms with Gasteiger partial charge in [-0.3, -0.25) is 4.79 Å². The molecule has 4 N–H and O–H groups in total. The van der Waals surface area contributed by atoms with E-state index in [4.69, 9.17) is 0 Å². The number of aliphatic hydroxyl groups excluding tert-OH is 2. The van der Waals surface area contributed by atoms with Crippen LogP contribution in [0.5, 0.6) is 0 Å². The first-order chi connectivity index (χ1) is 8.63. The summed E-state index contributed by atoms with van der Waals surface area (Å²) in [6.07, 6.45) is -0.388. The molecule has 0 saturated carbocycles. The van der Waals surface area contributed by atoms with Gasteiger partial charge in [-0.25, -0.2) is 5.10 Å². The molecule has 2 rings (SSSR count). The molecule has 0 spiro atoms. The number of aliphatic hydroxyl groups is 2. The van der Waals surface area contributed by atoms with Crippen molar-refractivity contribution in [1.29, 1.82) is 0 Å². The number of aromatic nitrogens is 2. The molecule has 0 radical (unpaired) electrons. The second-order valence-electron chi connectivity index (χ2n) is 4.12. The average Bonchev–Trinajstić information content (AvgIpc) is 2.38. The number of hydrogen-bond donors (Lipinski definition) is 4. The number of nitrogens with one attached hydrogen (secondary N) is 2. The van der Waals surface area contributed by atoms with Gasteiger partial charge in [-0.05, 0) is 24.7 Å². The fraction of sp³-hybridized carbons (Fsp3) is 0.333. The molecule has 1 heterocycles. The molecular weight excluding hydrogens is 234 g/mol. The molecular formula is C12H15N3O3. The SMILES string of the molecule is CNCC(O)C(O)c1ccc2c(=O)[nH]ncc2c1. The lowest BCUT2D eigenvalue weighted by Crippen LogP contribution is -2.29. The van der Waals surface area contributed by atoms with Gasteiger partial charge >= 0.3 is 0 Å². The molecule has 18 heavy (non-hydrogen) atoms. The highest BCUT2D eigenvalue weighted by Gasteiger charge is 2.17. The standard InChI is InChI=1S/C12H15N3O3/c1-13-6-10(16)11(17)7-2-3-9-8(4-7)5-14-15-12(9)18/h2-5,10-11,13,16-17H,6H2,1H3,(H,15,18). The van der Waals surface area contributed by atoms with Crippen molar-refractivity contribution in [2.75, 3.05) is 13.6 Å². The monoisotopic (exact) mass is 249 g/mol. The first-order valence-electron chi connectivity index (χ1n) is 5.61. The Hall–Kier alpha value is -1.76. The van der Waals surface area contributed by atoms with E-state index in [-0.39, 0.29) is 12.1 Å². The number of fused-ring (bicyclic) bond motifs is 1. The molecule has 6 nitrogen and oxygen atoms in total. The van der Waals surface area contributed by atoms with Crippen molar-refractivity contribution in [2.24, 2.45) is 0 Å². The molecule has 0 amide bonds. The van der Waals surface area contributed by atoms with Crippen LogP contribution < -0.4 is 10.9 Å². The van der Waals surface area contributed by atoms with E-state index >= 15 is 0 Å². The molecule has 0 saturated heterocycles. The molecule has 2 atom stereocenters. The highest BCUT2D eigenvalue weighted by molar-refractivity contribution is 5.81. The molecule has 96 valence electrons. The van der Waals surface area contributed by atoms with Crippen LogP contribution in [0.3, 0.4) is 0 Å². The van der Waals surface area contributed by atoms with Crippen LogP contribution in [0.1, 0.15) is 11.7 Å². The van der Waals surface area contributed by atoms with Crippen molar-refractivity contribution in [3.63, 3.8) is 0 Å². The van der Waals surface area contributed by atoms with E-state index in [1.807, 2.05) is 0 Å². The Morgan fingerprint density at radius 1 is 1.44 bits per heavy atom. The van der Waals surface area contributed by atoms with Crippen LogP contribution in [0, 0.1) is 0 Å². The lowest BCUT2D eigenvalue weighted by molar-refractivity contribution is 0.0203. The van der Waals surface area contributed by atoms with Gasteiger partial charge in [0.1, 0.15) is 6.10 Å². The molecule has 2 unspecified atom stereocenters. The maximum atomic E-state index is 11.5. The summed E-state index contributed by atoms with van der Waals surface area (Å²) < 4.78 is 0. The topological polar surface area (TPSA) is 98.2 Å². The Labute approximate surface area is 103 Å². The van der Waals surface area contributed by atoms with Crippen LogP contribution in [-0.4, -0.2) is 40.1 Å². The second-order valence-corrected chi connectivity index (χ2v) is 4.12. The van der Waals surface area contributed by atoms with Crippen molar-refractivity contribution < 1.29 is 10.2 Å². The number of benzene rings is 1. The lowest BCUT2D eigenvalue weighted by atomic mass is 10.0. The average molecular weight is 249 g/mol. The summed E-state index contributed by atoms with van der Waals surface area (Å²) >= 11 is 0. The second kappa shape index (κ2) is 5.26. The summed E-state index contributed by atoms with van der Waals surface area (Å²) in [5.74, 6) is 0. The lowest BCUT2D eigenvalue weighted by Gasteiger charge is -2.18. The Morgan fingerprint density at radius 3 is 2.94 bits per heavy atom. The summed E-state index contributed by atoms with van der Waals surface area (Å²) in [6, 6.07) is 4.89. The van der Waals surface area contributed by atoms with Crippen LogP contribution >= 0.6 is 0 Å². The van der Waals surface area contributed by atoms with Crippen LogP contribution in [0.2, 0.25) is 0 Å². The predicted molar refractivity (Wildman–Crippen MR) is 67.3 cm³/mol. The van der Waals surface area contributed by atoms with Crippen molar-refractivity contribution in [3.8, 4) is 0 Å². The van der Waals surface area contributed by atoms with Gasteiger partial charge in [0.05, 0.1) is 17.7 Å². The van der Waals surface area contributed by atoms with E-state index in [9.17, 15) is 15.0 Å². The van der Waals surface area contributed by atoms with E-state index in [2.05, 4.69) is 15.5 Å². The third kappa shape index (κ3) is 2.40. The zero-order valence-corrected chi connectivity index (χ0v) is 9.92. The fourth-order valence-electron chi connectivity index (χ4n) is 1.84. The number of nitrogens with zero attached hydrogens (tertiary/aromatic N) is 1. The van der Waals surface area contributed by atoms with Crippen molar-refractivity contribution in [1.82, 2.24) is 15.5 Å².